The molecule has 0 aliphatic carbocycles. The van der Waals surface area contributed by atoms with Crippen molar-refractivity contribution in [2.75, 3.05) is 0 Å². The number of fused-ring (bicyclic) bond motifs is 1. The molecule has 0 atom stereocenters. The van der Waals surface area contributed by atoms with Crippen LogP contribution in [0.5, 0.6) is 0 Å². The molecule has 0 saturated carbocycles. The Kier molecular flexibility index (Phi) is 4.12. The average molecular weight is 326 g/mol. The molecule has 0 fully saturated rings. The summed E-state index contributed by atoms with van der Waals surface area (Å²) < 4.78 is 14.7. The van der Waals surface area contributed by atoms with Crippen LogP contribution in [0.1, 0.15) is 23.7 Å². The minimum absolute atomic E-state index is 0.00647. The van der Waals surface area contributed by atoms with Crippen molar-refractivity contribution in [3.63, 3.8) is 0 Å². The van der Waals surface area contributed by atoms with Gasteiger partial charge in [-0.25, -0.2) is 9.37 Å². The maximum atomic E-state index is 13.1. The molecule has 0 radical (unpaired) electrons. The third kappa shape index (κ3) is 2.90. The SMILES string of the molecule is CCC(=O)c1ccc2c(c1)nc(-c1ccc(F)cc1)n2CC(=O)O. The number of carboxylic acid groups (broad SMARTS) is 1. The molecule has 0 aliphatic rings. The monoisotopic (exact) mass is 326 g/mol. The molecule has 3 aromatic rings. The van der Waals surface area contributed by atoms with Gasteiger partial charge >= 0.3 is 5.97 Å². The highest BCUT2D eigenvalue weighted by atomic mass is 19.1. The van der Waals surface area contributed by atoms with Crippen LogP contribution in [0.3, 0.4) is 0 Å². The van der Waals surface area contributed by atoms with E-state index in [1.54, 1.807) is 41.8 Å². The number of aromatic nitrogens is 2. The fourth-order valence-corrected chi connectivity index (χ4v) is 2.62. The molecular formula is C18H15FN2O3. The molecule has 0 unspecified atom stereocenters. The minimum Gasteiger partial charge on any atom is -0.480 e. The summed E-state index contributed by atoms with van der Waals surface area (Å²) >= 11 is 0. The lowest BCUT2D eigenvalue weighted by Crippen LogP contribution is -2.10. The number of rotatable bonds is 5. The first kappa shape index (κ1) is 15.9. The molecular weight excluding hydrogens is 311 g/mol. The number of halogens is 1. The van der Waals surface area contributed by atoms with Gasteiger partial charge in [0.25, 0.3) is 0 Å². The normalized spacial score (nSPS) is 10.9. The second-order valence-electron chi connectivity index (χ2n) is 5.40. The minimum atomic E-state index is -1.01. The van der Waals surface area contributed by atoms with Gasteiger partial charge in [-0.05, 0) is 42.5 Å². The maximum Gasteiger partial charge on any atom is 0.323 e. The Hall–Kier alpha value is -3.02. The molecule has 3 rings (SSSR count). The molecule has 0 bridgehead atoms. The largest absolute Gasteiger partial charge is 0.480 e. The fourth-order valence-electron chi connectivity index (χ4n) is 2.62. The van der Waals surface area contributed by atoms with Crippen LogP contribution >= 0.6 is 0 Å². The summed E-state index contributed by atoms with van der Waals surface area (Å²) in [7, 11) is 0. The standard InChI is InChI=1S/C18H15FN2O3/c1-2-16(22)12-5-8-15-14(9-12)20-18(21(15)10-17(23)24)11-3-6-13(19)7-4-11/h3-9H,2,10H2,1H3,(H,23,24). The van der Waals surface area contributed by atoms with Crippen molar-refractivity contribution in [2.24, 2.45) is 0 Å². The number of carboxylic acids is 1. The van der Waals surface area contributed by atoms with Gasteiger partial charge in [0.1, 0.15) is 18.2 Å². The molecule has 1 aromatic heterocycles. The van der Waals surface area contributed by atoms with Crippen molar-refractivity contribution >= 4 is 22.8 Å². The Bertz CT molecular complexity index is 929. The quantitative estimate of drug-likeness (QED) is 0.728. The molecule has 1 heterocycles. The number of hydrogen-bond acceptors (Lipinski definition) is 3. The van der Waals surface area contributed by atoms with E-state index in [0.29, 0.717) is 34.4 Å². The lowest BCUT2D eigenvalue weighted by Gasteiger charge is -2.06. The summed E-state index contributed by atoms with van der Waals surface area (Å²) in [6.07, 6.45) is 0.381. The van der Waals surface area contributed by atoms with Crippen molar-refractivity contribution in [1.82, 2.24) is 9.55 Å². The third-order valence-corrected chi connectivity index (χ3v) is 3.79. The fraction of sp³-hybridized carbons (Fsp3) is 0.167. The Morgan fingerprint density at radius 3 is 2.50 bits per heavy atom. The molecule has 0 spiro atoms. The van der Waals surface area contributed by atoms with E-state index in [2.05, 4.69) is 4.98 Å². The van der Waals surface area contributed by atoms with Crippen LogP contribution in [-0.2, 0) is 11.3 Å². The molecule has 0 aliphatic heterocycles. The van der Waals surface area contributed by atoms with E-state index in [1.165, 1.54) is 12.1 Å². The summed E-state index contributed by atoms with van der Waals surface area (Å²) in [5.74, 6) is -0.969. The van der Waals surface area contributed by atoms with Gasteiger partial charge in [-0.15, -0.1) is 0 Å². The van der Waals surface area contributed by atoms with Crippen LogP contribution < -0.4 is 0 Å². The highest BCUT2D eigenvalue weighted by Crippen LogP contribution is 2.26. The van der Waals surface area contributed by atoms with Crippen molar-refractivity contribution in [3.05, 3.63) is 53.8 Å². The zero-order valence-electron chi connectivity index (χ0n) is 13.0. The summed E-state index contributed by atoms with van der Waals surface area (Å²) in [5, 5.41) is 9.18. The van der Waals surface area contributed by atoms with Gasteiger partial charge < -0.3 is 9.67 Å². The van der Waals surface area contributed by atoms with Gasteiger partial charge in [0.15, 0.2) is 5.78 Å². The third-order valence-electron chi connectivity index (χ3n) is 3.79. The topological polar surface area (TPSA) is 72.2 Å². The zero-order valence-corrected chi connectivity index (χ0v) is 13.0. The van der Waals surface area contributed by atoms with Crippen molar-refractivity contribution in [1.29, 1.82) is 0 Å². The highest BCUT2D eigenvalue weighted by molar-refractivity contribution is 5.99. The first-order valence-electron chi connectivity index (χ1n) is 7.51. The second-order valence-corrected chi connectivity index (χ2v) is 5.40. The van der Waals surface area contributed by atoms with Crippen molar-refractivity contribution in [2.45, 2.75) is 19.9 Å². The Morgan fingerprint density at radius 1 is 1.17 bits per heavy atom. The number of carbonyl (C=O) groups excluding carboxylic acids is 1. The molecule has 6 heteroatoms. The van der Waals surface area contributed by atoms with Crippen molar-refractivity contribution < 1.29 is 19.1 Å². The summed E-state index contributed by atoms with van der Waals surface area (Å²) in [6, 6.07) is 10.7. The van der Waals surface area contributed by atoms with E-state index in [-0.39, 0.29) is 18.1 Å². The summed E-state index contributed by atoms with van der Waals surface area (Å²) in [5.41, 5.74) is 2.30. The van der Waals surface area contributed by atoms with Gasteiger partial charge in [0.2, 0.25) is 0 Å². The lowest BCUT2D eigenvalue weighted by molar-refractivity contribution is -0.137. The Balaban J connectivity index is 2.20. The van der Waals surface area contributed by atoms with Crippen LogP contribution in [0.4, 0.5) is 4.39 Å². The van der Waals surface area contributed by atoms with E-state index in [4.69, 9.17) is 0 Å². The molecule has 0 saturated heterocycles. The number of nitrogens with zero attached hydrogens (tertiary/aromatic N) is 2. The number of benzene rings is 2. The van der Waals surface area contributed by atoms with Gasteiger partial charge in [-0.3, -0.25) is 9.59 Å². The van der Waals surface area contributed by atoms with Crippen LogP contribution in [-0.4, -0.2) is 26.4 Å². The molecule has 2 aromatic carbocycles. The predicted molar refractivity (Wildman–Crippen MR) is 87.4 cm³/mol. The van der Waals surface area contributed by atoms with E-state index in [9.17, 15) is 19.1 Å². The van der Waals surface area contributed by atoms with Crippen LogP contribution in [0.2, 0.25) is 0 Å². The van der Waals surface area contributed by atoms with Crippen LogP contribution in [0, 0.1) is 5.82 Å². The van der Waals surface area contributed by atoms with Gasteiger partial charge in [-0.1, -0.05) is 6.92 Å². The number of hydrogen-bond donors (Lipinski definition) is 1. The Morgan fingerprint density at radius 2 is 1.88 bits per heavy atom. The first-order chi connectivity index (χ1) is 11.5. The molecule has 5 nitrogen and oxygen atoms in total. The molecule has 122 valence electrons. The second kappa shape index (κ2) is 6.23. The molecule has 24 heavy (non-hydrogen) atoms. The number of ketones is 1. The van der Waals surface area contributed by atoms with Crippen LogP contribution in [0.15, 0.2) is 42.5 Å². The van der Waals surface area contributed by atoms with E-state index >= 15 is 0 Å². The van der Waals surface area contributed by atoms with E-state index in [0.717, 1.165) is 0 Å². The van der Waals surface area contributed by atoms with Crippen LogP contribution in [0.25, 0.3) is 22.4 Å². The van der Waals surface area contributed by atoms with E-state index < -0.39 is 5.97 Å². The van der Waals surface area contributed by atoms with Gasteiger partial charge in [0.05, 0.1) is 11.0 Å². The van der Waals surface area contributed by atoms with E-state index in [1.807, 2.05) is 0 Å². The summed E-state index contributed by atoms with van der Waals surface area (Å²) in [4.78, 5) is 27.5. The van der Waals surface area contributed by atoms with Gasteiger partial charge in [0, 0.05) is 17.5 Å². The molecule has 0 amide bonds. The van der Waals surface area contributed by atoms with Gasteiger partial charge in [-0.2, -0.15) is 0 Å². The lowest BCUT2D eigenvalue weighted by atomic mass is 10.1. The summed E-state index contributed by atoms with van der Waals surface area (Å²) in [6.45, 7) is 1.50. The maximum absolute atomic E-state index is 13.1. The average Bonchev–Trinajstić information content (AvgIpc) is 2.92. The number of imidazole rings is 1. The number of aliphatic carboxylic acids is 1. The predicted octanol–water partition coefficient (Wildman–Crippen LogP) is 3.52. The number of Topliss-reactive ketones (excluding diaryl/α,β-unsaturated/α-hetero) is 1. The zero-order chi connectivity index (χ0) is 17.3. The van der Waals surface area contributed by atoms with Crippen molar-refractivity contribution in [3.8, 4) is 11.4 Å². The highest BCUT2D eigenvalue weighted by Gasteiger charge is 2.16. The molecule has 1 N–H and O–H groups in total. The number of carbonyl (C=O) groups is 2. The first-order valence-corrected chi connectivity index (χ1v) is 7.51. The Labute approximate surface area is 137 Å². The smallest absolute Gasteiger partial charge is 0.323 e.